The summed E-state index contributed by atoms with van der Waals surface area (Å²) in [5, 5.41) is 3.11. The molecule has 0 radical (unpaired) electrons. The number of carbonyl (C=O) groups excluding carboxylic acids is 1. The molecule has 1 aromatic carbocycles. The zero-order valence-electron chi connectivity index (χ0n) is 16.2. The van der Waals surface area contributed by atoms with Crippen LogP contribution in [-0.2, 0) is 11.2 Å². The van der Waals surface area contributed by atoms with Gasteiger partial charge in [-0.1, -0.05) is 12.1 Å². The van der Waals surface area contributed by atoms with Gasteiger partial charge in [0.05, 0.1) is 19.4 Å². The second kappa shape index (κ2) is 9.58. The van der Waals surface area contributed by atoms with Crippen molar-refractivity contribution in [2.75, 3.05) is 46.9 Å². The van der Waals surface area contributed by atoms with Crippen molar-refractivity contribution < 1.29 is 13.9 Å². The maximum Gasteiger partial charge on any atom is 0.220 e. The average Bonchev–Trinajstić information content (AvgIpc) is 3.22. The highest BCUT2D eigenvalue weighted by Crippen LogP contribution is 2.24. The lowest BCUT2D eigenvalue weighted by Crippen LogP contribution is -2.48. The van der Waals surface area contributed by atoms with Crippen LogP contribution in [0.25, 0.3) is 0 Å². The smallest absolute Gasteiger partial charge is 0.220 e. The summed E-state index contributed by atoms with van der Waals surface area (Å²) in [7, 11) is 3.82. The Balaban J connectivity index is 1.61. The van der Waals surface area contributed by atoms with Crippen molar-refractivity contribution in [1.29, 1.82) is 0 Å². The van der Waals surface area contributed by atoms with Crippen LogP contribution in [0.4, 0.5) is 0 Å². The van der Waals surface area contributed by atoms with Gasteiger partial charge in [0.1, 0.15) is 11.5 Å². The quantitative estimate of drug-likeness (QED) is 0.772. The van der Waals surface area contributed by atoms with Gasteiger partial charge < -0.3 is 19.4 Å². The second-order valence-corrected chi connectivity index (χ2v) is 7.01. The highest BCUT2D eigenvalue weighted by molar-refractivity contribution is 5.76. The summed E-state index contributed by atoms with van der Waals surface area (Å²) < 4.78 is 10.6. The largest absolute Gasteiger partial charge is 0.497 e. The molecule has 1 saturated heterocycles. The normalized spacial score (nSPS) is 16.8. The zero-order chi connectivity index (χ0) is 19.1. The van der Waals surface area contributed by atoms with Gasteiger partial charge in [0.15, 0.2) is 0 Å². The first-order chi connectivity index (χ1) is 13.2. The minimum Gasteiger partial charge on any atom is -0.497 e. The van der Waals surface area contributed by atoms with Crippen molar-refractivity contribution in [1.82, 2.24) is 15.1 Å². The molecule has 0 aliphatic carbocycles. The molecule has 6 heteroatoms. The number of ether oxygens (including phenoxy) is 1. The molecule has 27 heavy (non-hydrogen) atoms. The highest BCUT2D eigenvalue weighted by Gasteiger charge is 2.24. The number of hydrogen-bond donors (Lipinski definition) is 1. The fourth-order valence-electron chi connectivity index (χ4n) is 3.41. The number of hydrogen-bond acceptors (Lipinski definition) is 5. The van der Waals surface area contributed by atoms with Gasteiger partial charge in [-0.05, 0) is 36.9 Å². The van der Waals surface area contributed by atoms with Gasteiger partial charge >= 0.3 is 0 Å². The van der Waals surface area contributed by atoms with Crippen molar-refractivity contribution in [2.24, 2.45) is 0 Å². The van der Waals surface area contributed by atoms with E-state index in [1.807, 2.05) is 24.3 Å². The number of nitrogens with zero attached hydrogens (tertiary/aromatic N) is 2. The van der Waals surface area contributed by atoms with E-state index in [1.54, 1.807) is 13.4 Å². The molecule has 1 aromatic heterocycles. The highest BCUT2D eigenvalue weighted by atomic mass is 16.5. The van der Waals surface area contributed by atoms with Crippen LogP contribution in [0.5, 0.6) is 5.75 Å². The second-order valence-electron chi connectivity index (χ2n) is 7.01. The minimum absolute atomic E-state index is 0.0547. The lowest BCUT2D eigenvalue weighted by Gasteiger charge is -2.38. The van der Waals surface area contributed by atoms with Crippen LogP contribution in [0.2, 0.25) is 0 Å². The van der Waals surface area contributed by atoms with Crippen molar-refractivity contribution in [3.05, 3.63) is 54.0 Å². The first-order valence-electron chi connectivity index (χ1n) is 9.51. The van der Waals surface area contributed by atoms with E-state index in [9.17, 15) is 4.79 Å². The number of nitrogens with one attached hydrogen (secondary N) is 1. The third kappa shape index (κ3) is 5.58. The Bertz CT molecular complexity index is 692. The van der Waals surface area contributed by atoms with Crippen LogP contribution < -0.4 is 10.1 Å². The Morgan fingerprint density at radius 2 is 1.93 bits per heavy atom. The van der Waals surface area contributed by atoms with E-state index in [2.05, 4.69) is 34.3 Å². The Labute approximate surface area is 161 Å². The van der Waals surface area contributed by atoms with Crippen molar-refractivity contribution in [2.45, 2.75) is 18.9 Å². The summed E-state index contributed by atoms with van der Waals surface area (Å²) in [6.07, 6.45) is 2.70. The predicted octanol–water partition coefficient (Wildman–Crippen LogP) is 2.33. The third-order valence-electron chi connectivity index (χ3n) is 5.15. The molecule has 146 valence electrons. The number of benzene rings is 1. The minimum atomic E-state index is 0.0547. The summed E-state index contributed by atoms with van der Waals surface area (Å²) in [5.41, 5.74) is 1.20. The van der Waals surface area contributed by atoms with E-state index < -0.39 is 0 Å². The van der Waals surface area contributed by atoms with Crippen molar-refractivity contribution in [3.63, 3.8) is 0 Å². The number of furan rings is 1. The SMILES string of the molecule is COc1ccc(C(CNC(=O)CCc2ccco2)N2CCN(C)CC2)cc1. The fourth-order valence-corrected chi connectivity index (χ4v) is 3.41. The van der Waals surface area contributed by atoms with E-state index >= 15 is 0 Å². The van der Waals surface area contributed by atoms with Crippen molar-refractivity contribution >= 4 is 5.91 Å². The van der Waals surface area contributed by atoms with Crippen LogP contribution in [0, 0.1) is 0 Å². The Morgan fingerprint density at radius 3 is 2.56 bits per heavy atom. The van der Waals surface area contributed by atoms with Gasteiger partial charge in [0, 0.05) is 45.6 Å². The molecule has 1 aliphatic heterocycles. The third-order valence-corrected chi connectivity index (χ3v) is 5.15. The number of piperazine rings is 1. The molecular weight excluding hydrogens is 342 g/mol. The molecule has 1 aliphatic rings. The molecule has 0 spiro atoms. The monoisotopic (exact) mass is 371 g/mol. The summed E-state index contributed by atoms with van der Waals surface area (Å²) >= 11 is 0. The van der Waals surface area contributed by atoms with Gasteiger partial charge in [-0.3, -0.25) is 9.69 Å². The van der Waals surface area contributed by atoms with Gasteiger partial charge in [0.25, 0.3) is 0 Å². The molecule has 1 atom stereocenters. The number of carbonyl (C=O) groups is 1. The number of likely N-dealkylation sites (N-methyl/N-ethyl adjacent to an activating group) is 1. The fraction of sp³-hybridized carbons (Fsp3) is 0.476. The van der Waals surface area contributed by atoms with E-state index in [1.165, 1.54) is 5.56 Å². The lowest BCUT2D eigenvalue weighted by atomic mass is 10.0. The molecule has 3 rings (SSSR count). The number of amides is 1. The molecule has 0 bridgehead atoms. The number of methoxy groups -OCH3 is 1. The lowest BCUT2D eigenvalue weighted by molar-refractivity contribution is -0.121. The van der Waals surface area contributed by atoms with Gasteiger partial charge in [0.2, 0.25) is 5.91 Å². The Kier molecular flexibility index (Phi) is 6.90. The molecule has 1 N–H and O–H groups in total. The van der Waals surface area contributed by atoms with Gasteiger partial charge in [-0.25, -0.2) is 0 Å². The maximum absolute atomic E-state index is 12.3. The maximum atomic E-state index is 12.3. The van der Waals surface area contributed by atoms with Crippen molar-refractivity contribution in [3.8, 4) is 5.75 Å². The molecule has 2 aromatic rings. The average molecular weight is 371 g/mol. The van der Waals surface area contributed by atoms with E-state index in [4.69, 9.17) is 9.15 Å². The summed E-state index contributed by atoms with van der Waals surface area (Å²) in [6, 6.07) is 12.1. The Morgan fingerprint density at radius 1 is 1.19 bits per heavy atom. The number of aryl methyl sites for hydroxylation is 1. The van der Waals surface area contributed by atoms with Crippen LogP contribution in [0.15, 0.2) is 47.1 Å². The standard InChI is InChI=1S/C21H29N3O3/c1-23-11-13-24(14-12-23)20(17-5-7-18(26-2)8-6-17)16-22-21(25)10-9-19-4-3-15-27-19/h3-8,15,20H,9-14,16H2,1-2H3,(H,22,25). The summed E-state index contributed by atoms with van der Waals surface area (Å²) in [5.74, 6) is 1.74. The van der Waals surface area contributed by atoms with Crippen LogP contribution >= 0.6 is 0 Å². The topological polar surface area (TPSA) is 58.0 Å². The molecule has 1 amide bonds. The van der Waals surface area contributed by atoms with Crippen LogP contribution in [-0.4, -0.2) is 62.6 Å². The van der Waals surface area contributed by atoms with E-state index in [0.717, 1.165) is 37.7 Å². The first kappa shape index (κ1) is 19.5. The van der Waals surface area contributed by atoms with Crippen LogP contribution in [0.1, 0.15) is 23.8 Å². The molecule has 2 heterocycles. The summed E-state index contributed by atoms with van der Waals surface area (Å²) in [4.78, 5) is 17.1. The van der Waals surface area contributed by atoms with E-state index in [0.29, 0.717) is 19.4 Å². The van der Waals surface area contributed by atoms with E-state index in [-0.39, 0.29) is 11.9 Å². The molecule has 6 nitrogen and oxygen atoms in total. The summed E-state index contributed by atoms with van der Waals surface area (Å²) in [6.45, 7) is 4.68. The molecule has 0 saturated carbocycles. The molecular formula is C21H29N3O3. The molecule has 1 unspecified atom stereocenters. The Hall–Kier alpha value is -2.31. The number of rotatable bonds is 8. The predicted molar refractivity (Wildman–Crippen MR) is 105 cm³/mol. The zero-order valence-corrected chi connectivity index (χ0v) is 16.2. The van der Waals surface area contributed by atoms with Gasteiger partial charge in [-0.2, -0.15) is 0 Å². The van der Waals surface area contributed by atoms with Crippen LogP contribution in [0.3, 0.4) is 0 Å². The van der Waals surface area contributed by atoms with Gasteiger partial charge in [-0.15, -0.1) is 0 Å². The first-order valence-corrected chi connectivity index (χ1v) is 9.51. The molecule has 1 fully saturated rings.